The first-order valence-corrected chi connectivity index (χ1v) is 11.5. The number of hydrogen-bond donors (Lipinski definition) is 3. The highest BCUT2D eigenvalue weighted by atomic mass is 35.5. The van der Waals surface area contributed by atoms with Crippen LogP contribution in [0.5, 0.6) is 0 Å². The van der Waals surface area contributed by atoms with Gasteiger partial charge in [-0.15, -0.1) is 0 Å². The first-order chi connectivity index (χ1) is 15.9. The Morgan fingerprint density at radius 2 is 2.03 bits per heavy atom. The molecule has 1 saturated heterocycles. The van der Waals surface area contributed by atoms with Gasteiger partial charge in [0.15, 0.2) is 5.69 Å². The topological polar surface area (TPSA) is 143 Å². The van der Waals surface area contributed by atoms with E-state index in [2.05, 4.69) is 20.3 Å². The van der Waals surface area contributed by atoms with Crippen molar-refractivity contribution < 1.29 is 19.1 Å². The van der Waals surface area contributed by atoms with Gasteiger partial charge >= 0.3 is 0 Å². The number of aromatic nitrogens is 3. The van der Waals surface area contributed by atoms with Crippen molar-refractivity contribution >= 4 is 35.0 Å². The van der Waals surface area contributed by atoms with E-state index in [0.29, 0.717) is 49.5 Å². The summed E-state index contributed by atoms with van der Waals surface area (Å²) >= 11 is 6.12. The average Bonchev–Trinajstić information content (AvgIpc) is 3.51. The number of ether oxygens (including phenoxy) is 1. The molecule has 10 nitrogen and oxygen atoms in total. The van der Waals surface area contributed by atoms with Gasteiger partial charge in [-0.1, -0.05) is 11.6 Å². The van der Waals surface area contributed by atoms with Crippen LogP contribution >= 0.6 is 11.6 Å². The molecular formula is C22H27ClN6O4. The maximum absolute atomic E-state index is 13.4. The summed E-state index contributed by atoms with van der Waals surface area (Å²) in [6.45, 7) is 1.09. The number of primary amides is 1. The van der Waals surface area contributed by atoms with E-state index in [-0.39, 0.29) is 41.3 Å². The van der Waals surface area contributed by atoms with Crippen molar-refractivity contribution in [2.24, 2.45) is 11.7 Å². The highest BCUT2D eigenvalue weighted by Gasteiger charge is 2.36. The summed E-state index contributed by atoms with van der Waals surface area (Å²) < 4.78 is 5.76. The third kappa shape index (κ3) is 5.33. The van der Waals surface area contributed by atoms with E-state index in [4.69, 9.17) is 22.1 Å². The van der Waals surface area contributed by atoms with E-state index in [1.165, 1.54) is 12.5 Å². The maximum atomic E-state index is 13.4. The van der Waals surface area contributed by atoms with Gasteiger partial charge in [-0.05, 0) is 44.6 Å². The van der Waals surface area contributed by atoms with Crippen molar-refractivity contribution in [3.63, 3.8) is 0 Å². The van der Waals surface area contributed by atoms with Crippen LogP contribution in [0.3, 0.4) is 0 Å². The van der Waals surface area contributed by atoms with Crippen molar-refractivity contribution in [3.05, 3.63) is 41.2 Å². The number of halogens is 1. The van der Waals surface area contributed by atoms with Crippen LogP contribution in [0.1, 0.15) is 59.5 Å². The Morgan fingerprint density at radius 1 is 1.24 bits per heavy atom. The molecule has 0 bridgehead atoms. The number of carbonyl (C=O) groups excluding carboxylic acids is 3. The van der Waals surface area contributed by atoms with E-state index in [1.807, 2.05) is 0 Å². The van der Waals surface area contributed by atoms with Crippen LogP contribution < -0.4 is 11.1 Å². The molecule has 1 atom stereocenters. The van der Waals surface area contributed by atoms with E-state index in [0.717, 1.165) is 12.8 Å². The highest BCUT2D eigenvalue weighted by molar-refractivity contribution is 6.33. The largest absolute Gasteiger partial charge is 0.376 e. The second kappa shape index (κ2) is 10.3. The quantitative estimate of drug-likeness (QED) is 0.562. The van der Waals surface area contributed by atoms with Gasteiger partial charge in [0.05, 0.1) is 29.3 Å². The zero-order chi connectivity index (χ0) is 23.4. The molecule has 0 spiro atoms. The second-order valence-corrected chi connectivity index (χ2v) is 8.84. The molecule has 3 amide bonds. The fourth-order valence-electron chi connectivity index (χ4n) is 4.54. The minimum atomic E-state index is -0.734. The number of nitrogens with one attached hydrogen (secondary N) is 2. The third-order valence-electron chi connectivity index (χ3n) is 6.31. The number of carbonyl (C=O) groups is 3. The minimum Gasteiger partial charge on any atom is -0.376 e. The molecule has 4 N–H and O–H groups in total. The molecule has 1 aliphatic heterocycles. The van der Waals surface area contributed by atoms with Crippen LogP contribution in [-0.2, 0) is 9.53 Å². The van der Waals surface area contributed by atoms with E-state index >= 15 is 0 Å². The Hall–Kier alpha value is -2.98. The summed E-state index contributed by atoms with van der Waals surface area (Å²) in [7, 11) is 0. The molecule has 2 aliphatic rings. The monoisotopic (exact) mass is 474 g/mol. The number of rotatable bonds is 7. The molecule has 1 saturated carbocycles. The van der Waals surface area contributed by atoms with Gasteiger partial charge in [-0.25, -0.2) is 4.98 Å². The summed E-state index contributed by atoms with van der Waals surface area (Å²) in [5.41, 5.74) is 5.90. The molecule has 2 fully saturated rings. The fraction of sp³-hybridized carbons (Fsp3) is 0.500. The summed E-state index contributed by atoms with van der Waals surface area (Å²) in [6, 6.07) is 1.53. The molecule has 11 heteroatoms. The number of hydrogen-bond acceptors (Lipinski definition) is 6. The molecule has 0 radical (unpaired) electrons. The number of imidazole rings is 1. The SMILES string of the molecule is NC(=O)c1[nH]cnc1C(=O)N(CC1CCCO1)[C@H]1CC[C@H](C(=O)Nc2cnccc2Cl)CC1. The third-order valence-corrected chi connectivity index (χ3v) is 6.64. The Bertz CT molecular complexity index is 1010. The van der Waals surface area contributed by atoms with Gasteiger partial charge in [0.25, 0.3) is 11.8 Å². The molecule has 2 aromatic heterocycles. The lowest BCUT2D eigenvalue weighted by Gasteiger charge is -2.37. The van der Waals surface area contributed by atoms with Crippen LogP contribution in [-0.4, -0.2) is 62.9 Å². The molecular weight excluding hydrogens is 448 g/mol. The number of anilines is 1. The molecule has 1 aliphatic carbocycles. The number of amides is 3. The lowest BCUT2D eigenvalue weighted by atomic mass is 9.84. The van der Waals surface area contributed by atoms with E-state index in [1.54, 1.807) is 17.2 Å². The van der Waals surface area contributed by atoms with Crippen LogP contribution in [0, 0.1) is 5.92 Å². The van der Waals surface area contributed by atoms with Crippen LogP contribution in [0.25, 0.3) is 0 Å². The standard InChI is InChI=1S/C22H27ClN6O4/c23-16-7-8-25-10-17(16)28-21(31)13-3-5-14(6-4-13)29(11-15-2-1-9-33-15)22(32)19-18(20(24)30)26-12-27-19/h7-8,10,12-15H,1-6,9,11H2,(H2,24,30)(H,26,27)(H,28,31)/t13-,14-,15?. The van der Waals surface area contributed by atoms with Crippen molar-refractivity contribution in [1.82, 2.24) is 19.9 Å². The molecule has 0 aromatic carbocycles. The Kier molecular flexibility index (Phi) is 7.24. The number of aromatic amines is 1. The molecule has 4 rings (SSSR count). The molecule has 176 valence electrons. The van der Waals surface area contributed by atoms with Crippen LogP contribution in [0.2, 0.25) is 5.02 Å². The molecule has 3 heterocycles. The molecule has 33 heavy (non-hydrogen) atoms. The van der Waals surface area contributed by atoms with Gasteiger partial charge in [0.2, 0.25) is 5.91 Å². The van der Waals surface area contributed by atoms with Gasteiger partial charge in [0, 0.05) is 31.3 Å². The van der Waals surface area contributed by atoms with Crippen molar-refractivity contribution in [3.8, 4) is 0 Å². The van der Waals surface area contributed by atoms with Crippen molar-refractivity contribution in [2.45, 2.75) is 50.7 Å². The summed E-state index contributed by atoms with van der Waals surface area (Å²) in [5.74, 6) is -1.38. The van der Waals surface area contributed by atoms with E-state index in [9.17, 15) is 14.4 Å². The Balaban J connectivity index is 1.44. The predicted octanol–water partition coefficient (Wildman–Crippen LogP) is 2.38. The van der Waals surface area contributed by atoms with Gasteiger partial charge in [0.1, 0.15) is 5.69 Å². The van der Waals surface area contributed by atoms with Gasteiger partial charge in [-0.3, -0.25) is 19.4 Å². The van der Waals surface area contributed by atoms with Crippen molar-refractivity contribution in [1.29, 1.82) is 0 Å². The second-order valence-electron chi connectivity index (χ2n) is 8.43. The number of nitrogens with zero attached hydrogens (tertiary/aromatic N) is 3. The van der Waals surface area contributed by atoms with Crippen LogP contribution in [0.15, 0.2) is 24.8 Å². The Morgan fingerprint density at radius 3 is 2.70 bits per heavy atom. The highest BCUT2D eigenvalue weighted by Crippen LogP contribution is 2.31. The fourth-order valence-corrected chi connectivity index (χ4v) is 4.69. The first kappa shape index (κ1) is 23.2. The smallest absolute Gasteiger partial charge is 0.275 e. The zero-order valence-electron chi connectivity index (χ0n) is 18.1. The Labute approximate surface area is 196 Å². The summed E-state index contributed by atoms with van der Waals surface area (Å²) in [6.07, 6.45) is 8.67. The minimum absolute atomic E-state index is 0.00115. The lowest BCUT2D eigenvalue weighted by Crippen LogP contribution is -2.47. The summed E-state index contributed by atoms with van der Waals surface area (Å²) in [5, 5.41) is 3.28. The number of H-pyrrole nitrogens is 1. The normalized spacial score (nSPS) is 22.6. The maximum Gasteiger partial charge on any atom is 0.275 e. The molecule has 2 aromatic rings. The van der Waals surface area contributed by atoms with Gasteiger partial charge in [-0.2, -0.15) is 0 Å². The predicted molar refractivity (Wildman–Crippen MR) is 121 cm³/mol. The van der Waals surface area contributed by atoms with Crippen LogP contribution in [0.4, 0.5) is 5.69 Å². The van der Waals surface area contributed by atoms with Gasteiger partial charge < -0.3 is 25.7 Å². The average molecular weight is 475 g/mol. The number of pyridine rings is 1. The lowest BCUT2D eigenvalue weighted by molar-refractivity contribution is -0.121. The first-order valence-electron chi connectivity index (χ1n) is 11.1. The van der Waals surface area contributed by atoms with Crippen molar-refractivity contribution in [2.75, 3.05) is 18.5 Å². The zero-order valence-corrected chi connectivity index (χ0v) is 18.9. The summed E-state index contributed by atoms with van der Waals surface area (Å²) in [4.78, 5) is 50.3. The number of nitrogens with two attached hydrogens (primary N) is 1. The molecule has 1 unspecified atom stereocenters. The van der Waals surface area contributed by atoms with E-state index < -0.39 is 5.91 Å².